The van der Waals surface area contributed by atoms with Crippen molar-refractivity contribution in [1.29, 1.82) is 0 Å². The second-order valence-electron chi connectivity index (χ2n) is 4.06. The average molecular weight is 228 g/mol. The molecule has 1 aromatic rings. The van der Waals surface area contributed by atoms with Crippen LogP contribution in [0.25, 0.3) is 0 Å². The normalized spacial score (nSPS) is 15.7. The second-order valence-corrected chi connectivity index (χ2v) is 4.33. The lowest BCUT2D eigenvalue weighted by molar-refractivity contribution is 0.0695. The monoisotopic (exact) mass is 227 g/mol. The summed E-state index contributed by atoms with van der Waals surface area (Å²) in [5, 5.41) is 9.15. The lowest BCUT2D eigenvalue weighted by Crippen LogP contribution is -2.02. The molecule has 0 spiro atoms. The van der Waals surface area contributed by atoms with Gasteiger partial charge in [0, 0.05) is 23.0 Å². The van der Waals surface area contributed by atoms with Crippen LogP contribution in [0.3, 0.4) is 0 Å². The van der Waals surface area contributed by atoms with Crippen molar-refractivity contribution in [2.24, 2.45) is 0 Å². The molecular weight excluding hydrogens is 214 g/mol. The SMILES string of the molecule is Cc1c(CCl)c(C(=O)O)c(C)n1C1CC1. The molecule has 1 heterocycles. The number of alkyl halides is 1. The maximum Gasteiger partial charge on any atom is 0.337 e. The maximum atomic E-state index is 11.1. The number of aromatic carboxylic acids is 1. The van der Waals surface area contributed by atoms with Gasteiger partial charge in [-0.2, -0.15) is 0 Å². The molecule has 0 aromatic carbocycles. The zero-order chi connectivity index (χ0) is 11.2. The summed E-state index contributed by atoms with van der Waals surface area (Å²) in [5.74, 6) is -0.598. The fourth-order valence-corrected chi connectivity index (χ4v) is 2.57. The predicted molar refractivity (Wildman–Crippen MR) is 58.7 cm³/mol. The first-order valence-corrected chi connectivity index (χ1v) is 5.60. The zero-order valence-corrected chi connectivity index (χ0v) is 9.64. The minimum atomic E-state index is -0.870. The van der Waals surface area contributed by atoms with E-state index >= 15 is 0 Å². The fourth-order valence-electron chi connectivity index (χ4n) is 2.24. The van der Waals surface area contributed by atoms with Gasteiger partial charge < -0.3 is 9.67 Å². The highest BCUT2D eigenvalue weighted by atomic mass is 35.5. The number of halogens is 1. The van der Waals surface area contributed by atoms with Crippen molar-refractivity contribution in [3.63, 3.8) is 0 Å². The van der Waals surface area contributed by atoms with Crippen LogP contribution in [0.2, 0.25) is 0 Å². The van der Waals surface area contributed by atoms with Gasteiger partial charge in [-0.3, -0.25) is 0 Å². The van der Waals surface area contributed by atoms with E-state index in [9.17, 15) is 4.79 Å². The molecule has 0 bridgehead atoms. The molecule has 0 unspecified atom stereocenters. The van der Waals surface area contributed by atoms with Gasteiger partial charge in [0.1, 0.15) is 0 Å². The maximum absolute atomic E-state index is 11.1. The minimum Gasteiger partial charge on any atom is -0.478 e. The Morgan fingerprint density at radius 3 is 2.40 bits per heavy atom. The molecule has 0 saturated heterocycles. The van der Waals surface area contributed by atoms with Gasteiger partial charge in [-0.15, -0.1) is 11.6 Å². The molecule has 82 valence electrons. The van der Waals surface area contributed by atoms with E-state index < -0.39 is 5.97 Å². The van der Waals surface area contributed by atoms with E-state index in [-0.39, 0.29) is 5.88 Å². The van der Waals surface area contributed by atoms with Crippen molar-refractivity contribution in [1.82, 2.24) is 4.57 Å². The van der Waals surface area contributed by atoms with Crippen LogP contribution in [0.15, 0.2) is 0 Å². The van der Waals surface area contributed by atoms with Gasteiger partial charge in [0.05, 0.1) is 11.4 Å². The average Bonchev–Trinajstić information content (AvgIpc) is 2.93. The summed E-state index contributed by atoms with van der Waals surface area (Å²) in [5.41, 5.74) is 3.03. The topological polar surface area (TPSA) is 42.2 Å². The first-order chi connectivity index (χ1) is 7.07. The summed E-state index contributed by atoms with van der Waals surface area (Å²) in [6.45, 7) is 3.82. The van der Waals surface area contributed by atoms with Crippen LogP contribution in [-0.2, 0) is 5.88 Å². The number of carbonyl (C=O) groups is 1. The van der Waals surface area contributed by atoms with Gasteiger partial charge in [0.2, 0.25) is 0 Å². The van der Waals surface area contributed by atoms with Gasteiger partial charge in [-0.05, 0) is 26.7 Å². The van der Waals surface area contributed by atoms with Crippen molar-refractivity contribution >= 4 is 17.6 Å². The Kier molecular flexibility index (Phi) is 2.51. The van der Waals surface area contributed by atoms with Crippen LogP contribution < -0.4 is 0 Å². The van der Waals surface area contributed by atoms with E-state index in [4.69, 9.17) is 16.7 Å². The number of rotatable bonds is 3. The van der Waals surface area contributed by atoms with Crippen LogP contribution in [-0.4, -0.2) is 15.6 Å². The highest BCUT2D eigenvalue weighted by Gasteiger charge is 2.31. The van der Waals surface area contributed by atoms with E-state index in [1.54, 1.807) is 0 Å². The summed E-state index contributed by atoms with van der Waals surface area (Å²) < 4.78 is 2.13. The molecule has 3 nitrogen and oxygen atoms in total. The molecule has 1 aromatic heterocycles. The predicted octanol–water partition coefficient (Wildman–Crippen LogP) is 2.88. The standard InChI is InChI=1S/C11H14ClNO2/c1-6-9(5-12)10(11(14)15)7(2)13(6)8-3-4-8/h8H,3-5H2,1-2H3,(H,14,15). The van der Waals surface area contributed by atoms with Crippen molar-refractivity contribution in [2.75, 3.05) is 0 Å². The molecule has 1 saturated carbocycles. The van der Waals surface area contributed by atoms with Crippen molar-refractivity contribution in [3.05, 3.63) is 22.5 Å². The molecule has 0 radical (unpaired) electrons. The summed E-state index contributed by atoms with van der Waals surface area (Å²) in [4.78, 5) is 11.1. The molecular formula is C11H14ClNO2. The number of hydrogen-bond acceptors (Lipinski definition) is 1. The largest absolute Gasteiger partial charge is 0.478 e. The number of carboxylic acid groups (broad SMARTS) is 1. The number of aromatic nitrogens is 1. The molecule has 1 aliphatic carbocycles. The molecule has 4 heteroatoms. The Balaban J connectivity index is 2.62. The quantitative estimate of drug-likeness (QED) is 0.807. The molecule has 0 amide bonds. The summed E-state index contributed by atoms with van der Waals surface area (Å²) >= 11 is 5.82. The molecule has 15 heavy (non-hydrogen) atoms. The molecule has 1 aliphatic rings. The molecule has 1 N–H and O–H groups in total. The number of hydrogen-bond donors (Lipinski definition) is 1. The van der Waals surface area contributed by atoms with E-state index in [0.717, 1.165) is 29.8 Å². The Labute approximate surface area is 93.7 Å². The molecule has 2 rings (SSSR count). The van der Waals surface area contributed by atoms with Gasteiger partial charge in [0.15, 0.2) is 0 Å². The highest BCUT2D eigenvalue weighted by molar-refractivity contribution is 6.17. The van der Waals surface area contributed by atoms with Crippen LogP contribution in [0, 0.1) is 13.8 Å². The van der Waals surface area contributed by atoms with Gasteiger partial charge in [-0.1, -0.05) is 0 Å². The Morgan fingerprint density at radius 1 is 1.47 bits per heavy atom. The Morgan fingerprint density at radius 2 is 2.07 bits per heavy atom. The summed E-state index contributed by atoms with van der Waals surface area (Å²) in [7, 11) is 0. The van der Waals surface area contributed by atoms with Crippen molar-refractivity contribution < 1.29 is 9.90 Å². The number of carboxylic acids is 1. The minimum absolute atomic E-state index is 0.272. The third-order valence-electron chi connectivity index (χ3n) is 3.08. The van der Waals surface area contributed by atoms with Gasteiger partial charge >= 0.3 is 5.97 Å². The lowest BCUT2D eigenvalue weighted by atomic mass is 10.1. The van der Waals surface area contributed by atoms with E-state index in [1.165, 1.54) is 0 Å². The van der Waals surface area contributed by atoms with Crippen LogP contribution in [0.4, 0.5) is 0 Å². The first kappa shape index (κ1) is 10.6. The smallest absolute Gasteiger partial charge is 0.337 e. The highest BCUT2D eigenvalue weighted by Crippen LogP contribution is 2.40. The zero-order valence-electron chi connectivity index (χ0n) is 8.88. The fraction of sp³-hybridized carbons (Fsp3) is 0.545. The Hall–Kier alpha value is -0.960. The Bertz CT molecular complexity index is 419. The molecule has 0 aliphatic heterocycles. The van der Waals surface area contributed by atoms with E-state index in [0.29, 0.717) is 11.6 Å². The third-order valence-corrected chi connectivity index (χ3v) is 3.35. The number of nitrogens with zero attached hydrogens (tertiary/aromatic N) is 1. The van der Waals surface area contributed by atoms with Gasteiger partial charge in [-0.25, -0.2) is 4.79 Å². The summed E-state index contributed by atoms with van der Waals surface area (Å²) in [6, 6.07) is 0.500. The molecule has 0 atom stereocenters. The second kappa shape index (κ2) is 3.56. The molecule has 1 fully saturated rings. The van der Waals surface area contributed by atoms with Crippen LogP contribution >= 0.6 is 11.6 Å². The van der Waals surface area contributed by atoms with Gasteiger partial charge in [0.25, 0.3) is 0 Å². The van der Waals surface area contributed by atoms with Crippen molar-refractivity contribution in [3.8, 4) is 0 Å². The van der Waals surface area contributed by atoms with Crippen LogP contribution in [0.1, 0.15) is 46.2 Å². The summed E-state index contributed by atoms with van der Waals surface area (Å²) in [6.07, 6.45) is 2.30. The lowest BCUT2D eigenvalue weighted by Gasteiger charge is -2.06. The van der Waals surface area contributed by atoms with Crippen LogP contribution in [0.5, 0.6) is 0 Å². The third kappa shape index (κ3) is 1.55. The van der Waals surface area contributed by atoms with Crippen molar-refractivity contribution in [2.45, 2.75) is 38.6 Å². The first-order valence-electron chi connectivity index (χ1n) is 5.07. The van der Waals surface area contributed by atoms with E-state index in [1.807, 2.05) is 13.8 Å². The van der Waals surface area contributed by atoms with E-state index in [2.05, 4.69) is 4.57 Å².